The standard InChI is InChI=1S/C65H103N15O26/c1-29(2)19-39(73-62(102)45(28-82)78-61(101)42(23-51(92)93)74-60(100)41(21-31(5)6)76-64(104)53(34(10)83)80-55(95)37(66)15-17-49(88)89)56(96)68-24-46(85)67-25-48(87)79-52(32(7)8)63(103)75-40(20-30(3)4)59(99)72-38(16-18-50(90)91)58(98)70-33(9)54(94)77-44(27-81)57(97)69-26-47(86)71-43(65(105)106)22-35-11-13-36(84)14-12-35/h11-14,29-34,37-45,52-53,81-84H,15-28,66H2,1-10H3,(H,67,85)(H,68,96)(H,69,97)(H,70,98)(H,71,86)(H,72,99)(H,73,102)(H,74,100)(H,75,103)(H,76,104)(H,77,94)(H,78,101)(H,79,87)(H,80,95)(H,88,89)(H,90,91)(H,92,93)(H,105,106). The van der Waals surface area contributed by atoms with Crippen molar-refractivity contribution in [1.29, 1.82) is 0 Å². The van der Waals surface area contributed by atoms with Crippen LogP contribution in [-0.4, -0.2) is 259 Å². The summed E-state index contributed by atoms with van der Waals surface area (Å²) in [7, 11) is 0. The number of benzene rings is 1. The van der Waals surface area contributed by atoms with Crippen molar-refractivity contribution in [3.05, 3.63) is 29.8 Å². The maximum absolute atomic E-state index is 14.0. The summed E-state index contributed by atoms with van der Waals surface area (Å²) >= 11 is 0. The molecule has 1 aromatic carbocycles. The van der Waals surface area contributed by atoms with Gasteiger partial charge < -0.3 is 121 Å². The van der Waals surface area contributed by atoms with Crippen molar-refractivity contribution in [2.24, 2.45) is 29.4 Å². The van der Waals surface area contributed by atoms with Crippen LogP contribution in [0.1, 0.15) is 126 Å². The molecule has 41 nitrogen and oxygen atoms in total. The first-order valence-corrected chi connectivity index (χ1v) is 33.9. The third-order valence-electron chi connectivity index (χ3n) is 15.3. The predicted octanol–water partition coefficient (Wildman–Crippen LogP) is -7.59. The number of rotatable bonds is 49. The molecule has 0 spiro atoms. The van der Waals surface area contributed by atoms with Crippen molar-refractivity contribution in [2.75, 3.05) is 32.8 Å². The van der Waals surface area contributed by atoms with Gasteiger partial charge in [0.25, 0.3) is 0 Å². The highest BCUT2D eigenvalue weighted by molar-refractivity contribution is 6.00. The molecule has 13 unspecified atom stereocenters. The predicted molar refractivity (Wildman–Crippen MR) is 368 cm³/mol. The van der Waals surface area contributed by atoms with Crippen molar-refractivity contribution < 1.29 is 127 Å². The first-order chi connectivity index (χ1) is 49.4. The highest BCUT2D eigenvalue weighted by atomic mass is 16.4. The van der Waals surface area contributed by atoms with Gasteiger partial charge in [0.15, 0.2) is 0 Å². The minimum Gasteiger partial charge on any atom is -0.508 e. The Bertz CT molecular complexity index is 3240. The van der Waals surface area contributed by atoms with E-state index in [0.717, 1.165) is 13.8 Å². The number of hydrogen-bond donors (Lipinski definition) is 23. The highest BCUT2D eigenvalue weighted by Crippen LogP contribution is 2.15. The topological polar surface area (TPSA) is 664 Å². The zero-order valence-corrected chi connectivity index (χ0v) is 60.5. The van der Waals surface area contributed by atoms with Gasteiger partial charge in [-0.25, -0.2) is 4.79 Å². The SMILES string of the molecule is CC(C)CC(NC(=O)C(CO)NC(=O)C(CC(=O)O)NC(=O)C(CC(C)C)NC(=O)C(NC(=O)C(N)CCC(=O)O)C(C)O)C(=O)NCC(=O)NCC(=O)NC(C(=O)NC(CC(C)C)C(=O)NC(CCC(=O)O)C(=O)NC(C)C(=O)NC(CO)C(=O)NCC(=O)NC(Cc1ccc(O)cc1)C(=O)O)C(C)C. The summed E-state index contributed by atoms with van der Waals surface area (Å²) in [6, 6.07) is -13.9. The number of amides is 14. The molecular weight excluding hydrogens is 1410 g/mol. The lowest BCUT2D eigenvalue weighted by molar-refractivity contribution is -0.142. The molecule has 0 saturated carbocycles. The molecule has 1 aromatic rings. The van der Waals surface area contributed by atoms with E-state index in [-0.39, 0.29) is 55.6 Å². The zero-order valence-electron chi connectivity index (χ0n) is 60.5. The normalized spacial score (nSPS) is 14.8. The number of carbonyl (C=O) groups excluding carboxylic acids is 14. The number of aliphatic hydroxyl groups is 3. The number of hydrogen-bond acceptors (Lipinski definition) is 23. The fourth-order valence-corrected chi connectivity index (χ4v) is 9.68. The van der Waals surface area contributed by atoms with E-state index in [9.17, 15) is 122 Å². The summed E-state index contributed by atoms with van der Waals surface area (Å²) in [5, 5.41) is 110. The van der Waals surface area contributed by atoms with E-state index in [1.165, 1.54) is 38.1 Å². The number of phenols is 1. The van der Waals surface area contributed by atoms with Gasteiger partial charge in [0.05, 0.1) is 51.4 Å². The van der Waals surface area contributed by atoms with Gasteiger partial charge in [-0.3, -0.25) is 81.5 Å². The highest BCUT2D eigenvalue weighted by Gasteiger charge is 2.38. The second kappa shape index (κ2) is 46.9. The molecule has 0 aromatic heterocycles. The van der Waals surface area contributed by atoms with Crippen molar-refractivity contribution in [3.63, 3.8) is 0 Å². The number of nitrogens with two attached hydrogens (primary N) is 1. The minimum absolute atomic E-state index is 0.0812. The summed E-state index contributed by atoms with van der Waals surface area (Å²) in [4.78, 5) is 234. The molecule has 0 aliphatic carbocycles. The van der Waals surface area contributed by atoms with E-state index >= 15 is 0 Å². The Kier molecular flexibility index (Phi) is 41.3. The molecule has 0 aliphatic heterocycles. The molecule has 24 N–H and O–H groups in total. The van der Waals surface area contributed by atoms with E-state index < -0.39 is 250 Å². The average Bonchev–Trinajstić information content (AvgIpc) is 0.857. The second-order valence-electron chi connectivity index (χ2n) is 26.5. The lowest BCUT2D eigenvalue weighted by Gasteiger charge is -2.28. The van der Waals surface area contributed by atoms with E-state index in [0.29, 0.717) is 5.56 Å². The lowest BCUT2D eigenvalue weighted by Crippen LogP contribution is -2.61. The summed E-state index contributed by atoms with van der Waals surface area (Å²) < 4.78 is 0. The fourth-order valence-electron chi connectivity index (χ4n) is 9.68. The first-order valence-electron chi connectivity index (χ1n) is 33.9. The Morgan fingerprint density at radius 2 is 0.764 bits per heavy atom. The Balaban J connectivity index is 3.10. The van der Waals surface area contributed by atoms with E-state index in [2.05, 4.69) is 74.4 Å². The van der Waals surface area contributed by atoms with Crippen LogP contribution in [-0.2, 0) is 92.7 Å². The lowest BCUT2D eigenvalue weighted by atomic mass is 9.99. The van der Waals surface area contributed by atoms with Gasteiger partial charge in [0.1, 0.15) is 72.2 Å². The van der Waals surface area contributed by atoms with Crippen LogP contribution >= 0.6 is 0 Å². The average molecular weight is 1510 g/mol. The molecule has 0 bridgehead atoms. The van der Waals surface area contributed by atoms with E-state index in [1.807, 2.05) is 0 Å². The number of aromatic hydroxyl groups is 1. The fraction of sp³-hybridized carbons (Fsp3) is 0.631. The number of carboxylic acid groups (broad SMARTS) is 4. The Morgan fingerprint density at radius 3 is 1.24 bits per heavy atom. The van der Waals surface area contributed by atoms with Crippen molar-refractivity contribution in [3.8, 4) is 5.75 Å². The van der Waals surface area contributed by atoms with Crippen LogP contribution in [0.3, 0.4) is 0 Å². The van der Waals surface area contributed by atoms with Gasteiger partial charge in [0.2, 0.25) is 82.7 Å². The molecule has 106 heavy (non-hydrogen) atoms. The summed E-state index contributed by atoms with van der Waals surface area (Å²) in [6.07, 6.45) is -5.42. The quantitative estimate of drug-likeness (QED) is 0.0288. The smallest absolute Gasteiger partial charge is 0.326 e. The Labute approximate surface area is 609 Å². The Morgan fingerprint density at radius 1 is 0.377 bits per heavy atom. The van der Waals surface area contributed by atoms with E-state index in [1.54, 1.807) is 41.5 Å². The molecule has 13 atom stereocenters. The summed E-state index contributed by atoms with van der Waals surface area (Å²) in [6.45, 7) is 10.5. The maximum atomic E-state index is 14.0. The van der Waals surface area contributed by atoms with Crippen LogP contribution in [0.2, 0.25) is 0 Å². The molecule has 0 radical (unpaired) electrons. The molecule has 1 rings (SSSR count). The molecule has 0 fully saturated rings. The molecule has 14 amide bonds. The molecule has 594 valence electrons. The second-order valence-corrected chi connectivity index (χ2v) is 26.5. The van der Waals surface area contributed by atoms with E-state index in [4.69, 9.17) is 10.8 Å². The van der Waals surface area contributed by atoms with Crippen molar-refractivity contribution in [2.45, 2.75) is 206 Å². The number of aliphatic carboxylic acids is 4. The van der Waals surface area contributed by atoms with Gasteiger partial charge in [0, 0.05) is 19.3 Å². The monoisotopic (exact) mass is 1510 g/mol. The molecule has 0 aliphatic rings. The van der Waals surface area contributed by atoms with Crippen LogP contribution in [0.5, 0.6) is 5.75 Å². The van der Waals surface area contributed by atoms with Crippen molar-refractivity contribution in [1.82, 2.24) is 74.4 Å². The van der Waals surface area contributed by atoms with Crippen LogP contribution in [0.15, 0.2) is 24.3 Å². The van der Waals surface area contributed by atoms with Gasteiger partial charge >= 0.3 is 23.9 Å². The van der Waals surface area contributed by atoms with Crippen LogP contribution in [0.25, 0.3) is 0 Å². The third-order valence-corrected chi connectivity index (χ3v) is 15.3. The van der Waals surface area contributed by atoms with Gasteiger partial charge in [-0.2, -0.15) is 0 Å². The number of nitrogens with one attached hydrogen (secondary N) is 14. The zero-order chi connectivity index (χ0) is 81.0. The number of phenolic OH excluding ortho intramolecular Hbond substituents is 1. The number of carboxylic acids is 4. The first kappa shape index (κ1) is 93.3. The van der Waals surface area contributed by atoms with Gasteiger partial charge in [-0.15, -0.1) is 0 Å². The maximum Gasteiger partial charge on any atom is 0.326 e. The molecular formula is C65H103N15O26. The van der Waals surface area contributed by atoms with Gasteiger partial charge in [-0.1, -0.05) is 67.5 Å². The molecule has 0 heterocycles. The summed E-state index contributed by atoms with van der Waals surface area (Å²) in [5.74, 6) is -22.6. The summed E-state index contributed by atoms with van der Waals surface area (Å²) in [5.41, 5.74) is 6.18. The Hall–Kier alpha value is -10.7. The number of aliphatic hydroxyl groups excluding tert-OH is 3. The minimum atomic E-state index is -2.00. The van der Waals surface area contributed by atoms with Crippen LogP contribution in [0, 0.1) is 23.7 Å². The number of carbonyl (C=O) groups is 18. The third kappa shape index (κ3) is 36.2. The molecule has 41 heteroatoms. The van der Waals surface area contributed by atoms with Gasteiger partial charge in [-0.05, 0) is 87.3 Å². The van der Waals surface area contributed by atoms with Crippen LogP contribution in [0.4, 0.5) is 0 Å². The van der Waals surface area contributed by atoms with Crippen molar-refractivity contribution >= 4 is 107 Å². The largest absolute Gasteiger partial charge is 0.508 e. The van der Waals surface area contributed by atoms with Crippen LogP contribution < -0.4 is 80.2 Å². The molecule has 0 saturated heterocycles.